The van der Waals surface area contributed by atoms with Crippen LogP contribution in [0, 0.1) is 23.4 Å². The Labute approximate surface area is 205 Å². The van der Waals surface area contributed by atoms with Crippen molar-refractivity contribution in [2.45, 2.75) is 45.6 Å². The molecule has 0 bridgehead atoms. The third-order valence-electron chi connectivity index (χ3n) is 6.45. The first kappa shape index (κ1) is 25.1. The van der Waals surface area contributed by atoms with Crippen molar-refractivity contribution in [2.24, 2.45) is 5.92 Å². The fourth-order valence-electron chi connectivity index (χ4n) is 4.44. The maximum absolute atomic E-state index is 15.0. The summed E-state index contributed by atoms with van der Waals surface area (Å²) in [6, 6.07) is 15.1. The number of benzene rings is 3. The second-order valence-corrected chi connectivity index (χ2v) is 8.94. The van der Waals surface area contributed by atoms with Gasteiger partial charge in [0.15, 0.2) is 11.6 Å². The van der Waals surface area contributed by atoms with E-state index in [-0.39, 0.29) is 23.2 Å². The molecule has 0 aromatic heterocycles. The molecule has 1 saturated heterocycles. The lowest BCUT2D eigenvalue weighted by molar-refractivity contribution is -0.00711. The van der Waals surface area contributed by atoms with E-state index in [4.69, 9.17) is 9.47 Å². The molecule has 2 unspecified atom stereocenters. The molecule has 1 aliphatic rings. The van der Waals surface area contributed by atoms with Crippen molar-refractivity contribution in [3.8, 4) is 28.0 Å². The van der Waals surface area contributed by atoms with E-state index in [1.54, 1.807) is 30.3 Å². The quantitative estimate of drug-likeness (QED) is 0.237. The fourth-order valence-corrected chi connectivity index (χ4v) is 4.44. The van der Waals surface area contributed by atoms with E-state index in [0.717, 1.165) is 31.2 Å². The minimum atomic E-state index is -0.984. The van der Waals surface area contributed by atoms with E-state index >= 15 is 0 Å². The summed E-state index contributed by atoms with van der Waals surface area (Å²) in [5.74, 6) is -1.91. The van der Waals surface area contributed by atoms with Crippen LogP contribution in [0.2, 0.25) is 0 Å². The number of allylic oxidation sites excluding steroid dienone is 1. The Hall–Kier alpha value is -3.05. The summed E-state index contributed by atoms with van der Waals surface area (Å²) in [5, 5.41) is 0. The summed E-state index contributed by atoms with van der Waals surface area (Å²) in [7, 11) is 0. The molecule has 0 amide bonds. The number of halogens is 3. The minimum Gasteiger partial charge on any atom is -0.490 e. The van der Waals surface area contributed by atoms with E-state index in [2.05, 4.69) is 6.08 Å². The van der Waals surface area contributed by atoms with Crippen molar-refractivity contribution in [2.75, 3.05) is 13.2 Å². The Morgan fingerprint density at radius 3 is 2.31 bits per heavy atom. The zero-order chi connectivity index (χ0) is 24.8. The Bertz CT molecular complexity index is 1160. The second kappa shape index (κ2) is 11.6. The van der Waals surface area contributed by atoms with Gasteiger partial charge in [0.05, 0.1) is 19.3 Å². The second-order valence-electron chi connectivity index (χ2n) is 8.94. The molecule has 35 heavy (non-hydrogen) atoms. The lowest BCUT2D eigenvalue weighted by Crippen LogP contribution is -2.20. The van der Waals surface area contributed by atoms with E-state index in [1.807, 2.05) is 26.0 Å². The van der Waals surface area contributed by atoms with Gasteiger partial charge in [-0.25, -0.2) is 8.78 Å². The molecular weight excluding hydrogens is 449 g/mol. The summed E-state index contributed by atoms with van der Waals surface area (Å²) < 4.78 is 55.4. The van der Waals surface area contributed by atoms with Gasteiger partial charge in [-0.2, -0.15) is 4.39 Å². The molecule has 3 aromatic carbocycles. The van der Waals surface area contributed by atoms with E-state index in [0.29, 0.717) is 35.8 Å². The van der Waals surface area contributed by atoms with Crippen LogP contribution in [0.15, 0.2) is 66.7 Å². The molecule has 184 valence electrons. The molecule has 3 aromatic rings. The molecule has 0 spiro atoms. The predicted molar refractivity (Wildman–Crippen MR) is 134 cm³/mol. The monoisotopic (exact) mass is 480 g/mol. The van der Waals surface area contributed by atoms with Gasteiger partial charge < -0.3 is 9.47 Å². The van der Waals surface area contributed by atoms with Crippen LogP contribution in [-0.2, 0) is 4.74 Å². The average Bonchev–Trinajstić information content (AvgIpc) is 2.88. The number of ether oxygens (including phenoxy) is 2. The predicted octanol–water partition coefficient (Wildman–Crippen LogP) is 8.66. The summed E-state index contributed by atoms with van der Waals surface area (Å²) in [6.07, 6.45) is 7.36. The fraction of sp³-hybridized carbons (Fsp3) is 0.333. The van der Waals surface area contributed by atoms with Crippen molar-refractivity contribution in [3.05, 3.63) is 89.8 Å². The highest BCUT2D eigenvalue weighted by Crippen LogP contribution is 2.35. The number of unbranched alkanes of at least 4 members (excludes halogenated alkanes) is 1. The summed E-state index contributed by atoms with van der Waals surface area (Å²) in [5.41, 5.74) is 2.77. The highest BCUT2D eigenvalue weighted by atomic mass is 19.2. The van der Waals surface area contributed by atoms with Crippen LogP contribution < -0.4 is 4.74 Å². The van der Waals surface area contributed by atoms with Crippen LogP contribution in [0.4, 0.5) is 13.2 Å². The number of rotatable bonds is 8. The van der Waals surface area contributed by atoms with Crippen LogP contribution in [-0.4, -0.2) is 13.2 Å². The van der Waals surface area contributed by atoms with E-state index in [1.165, 1.54) is 18.2 Å². The first-order valence-electron chi connectivity index (χ1n) is 12.3. The Balaban J connectivity index is 1.48. The van der Waals surface area contributed by atoms with Gasteiger partial charge in [-0.3, -0.25) is 0 Å². The van der Waals surface area contributed by atoms with Crippen molar-refractivity contribution < 1.29 is 22.6 Å². The maximum atomic E-state index is 15.0. The van der Waals surface area contributed by atoms with Crippen molar-refractivity contribution in [1.82, 2.24) is 0 Å². The Morgan fingerprint density at radius 2 is 1.66 bits per heavy atom. The molecule has 0 N–H and O–H groups in total. The van der Waals surface area contributed by atoms with Gasteiger partial charge >= 0.3 is 0 Å². The van der Waals surface area contributed by atoms with Gasteiger partial charge in [-0.1, -0.05) is 61.9 Å². The Kier molecular flexibility index (Phi) is 8.29. The van der Waals surface area contributed by atoms with Gasteiger partial charge in [-0.05, 0) is 61.1 Å². The molecule has 1 aliphatic heterocycles. The van der Waals surface area contributed by atoms with Crippen LogP contribution in [0.1, 0.15) is 51.2 Å². The summed E-state index contributed by atoms with van der Waals surface area (Å²) in [6.45, 7) is 4.94. The van der Waals surface area contributed by atoms with Crippen LogP contribution in [0.3, 0.4) is 0 Å². The third kappa shape index (κ3) is 5.79. The van der Waals surface area contributed by atoms with Gasteiger partial charge in [0, 0.05) is 17.0 Å². The van der Waals surface area contributed by atoms with Crippen LogP contribution in [0.5, 0.6) is 5.75 Å². The first-order chi connectivity index (χ1) is 17.0. The van der Waals surface area contributed by atoms with Gasteiger partial charge in [-0.15, -0.1) is 0 Å². The van der Waals surface area contributed by atoms with Crippen LogP contribution in [0.25, 0.3) is 22.3 Å². The number of hydrogen-bond donors (Lipinski definition) is 0. The van der Waals surface area contributed by atoms with Gasteiger partial charge in [0.25, 0.3) is 0 Å². The average molecular weight is 481 g/mol. The molecule has 0 saturated carbocycles. The highest BCUT2D eigenvalue weighted by molar-refractivity contribution is 5.71. The molecule has 2 nitrogen and oxygen atoms in total. The van der Waals surface area contributed by atoms with Crippen molar-refractivity contribution >= 4 is 0 Å². The smallest absolute Gasteiger partial charge is 0.201 e. The highest BCUT2D eigenvalue weighted by Gasteiger charge is 2.24. The molecule has 1 heterocycles. The maximum Gasteiger partial charge on any atom is 0.201 e. The molecule has 0 radical (unpaired) electrons. The summed E-state index contributed by atoms with van der Waals surface area (Å²) >= 11 is 0. The number of hydrogen-bond acceptors (Lipinski definition) is 2. The summed E-state index contributed by atoms with van der Waals surface area (Å²) in [4.78, 5) is 0. The van der Waals surface area contributed by atoms with Gasteiger partial charge in [0.1, 0.15) is 5.82 Å². The standard InChI is InChI=1S/C30H31F3O2/c1-3-5-17-34-28-16-14-24(29(32)30(28)33)22-10-8-21(9-11-22)23-12-13-25(26(31)18-23)27-15-7-20(6-4-2)19-35-27/h4,6,8-14,16,18,20,27H,3,5,7,15,17,19H2,1-2H3/b6-4+. The zero-order valence-corrected chi connectivity index (χ0v) is 20.2. The topological polar surface area (TPSA) is 18.5 Å². The van der Waals surface area contributed by atoms with Crippen molar-refractivity contribution in [3.63, 3.8) is 0 Å². The van der Waals surface area contributed by atoms with Crippen molar-refractivity contribution in [1.29, 1.82) is 0 Å². The van der Waals surface area contributed by atoms with E-state index in [9.17, 15) is 13.2 Å². The SMILES string of the molecule is C/C=C/C1CCC(c2ccc(-c3ccc(-c4ccc(OCCCC)c(F)c4F)cc3)cc2F)OC1. The first-order valence-corrected chi connectivity index (χ1v) is 12.3. The third-order valence-corrected chi connectivity index (χ3v) is 6.45. The lowest BCUT2D eigenvalue weighted by Gasteiger charge is -2.28. The zero-order valence-electron chi connectivity index (χ0n) is 20.2. The molecule has 4 rings (SSSR count). The van der Waals surface area contributed by atoms with Gasteiger partial charge in [0.2, 0.25) is 5.82 Å². The molecule has 5 heteroatoms. The molecular formula is C30H31F3O2. The minimum absolute atomic E-state index is 0.0776. The largest absolute Gasteiger partial charge is 0.490 e. The van der Waals surface area contributed by atoms with E-state index < -0.39 is 11.6 Å². The van der Waals surface area contributed by atoms with Crippen LogP contribution >= 0.6 is 0 Å². The normalized spacial score (nSPS) is 18.2. The molecule has 2 atom stereocenters. The Morgan fingerprint density at radius 1 is 0.914 bits per heavy atom. The lowest BCUT2D eigenvalue weighted by atomic mass is 9.93. The molecule has 1 fully saturated rings. The molecule has 0 aliphatic carbocycles.